The van der Waals surface area contributed by atoms with E-state index >= 15 is 0 Å². The van der Waals surface area contributed by atoms with Gasteiger partial charge in [0.05, 0.1) is 35.0 Å². The van der Waals surface area contributed by atoms with Crippen molar-refractivity contribution in [1.29, 1.82) is 5.26 Å². The first-order chi connectivity index (χ1) is 20.1. The molecule has 0 N–H and O–H groups in total. The Bertz CT molecular complexity index is 1560. The van der Waals surface area contributed by atoms with Gasteiger partial charge in [0.1, 0.15) is 6.54 Å². The summed E-state index contributed by atoms with van der Waals surface area (Å²) >= 11 is 0. The third-order valence-corrected chi connectivity index (χ3v) is 8.42. The molecule has 0 saturated carbocycles. The molecule has 0 spiro atoms. The average molecular weight is 577 g/mol. The Balaban J connectivity index is 1.45. The lowest BCUT2D eigenvalue weighted by Gasteiger charge is -2.45. The molecule has 0 bridgehead atoms. The SMILES string of the molecule is CN1N=CC2CN(C(=O)CN3C(=O)N(c4cccc(C(F)(F)F)c4)C4=C(C(=O)CCC4)C3c3ccc(C#N)cc3)CC21. The first-order valence-corrected chi connectivity index (χ1v) is 13.7. The summed E-state index contributed by atoms with van der Waals surface area (Å²) in [6.45, 7) is 0.447. The first kappa shape index (κ1) is 27.5. The number of alkyl halides is 3. The summed E-state index contributed by atoms with van der Waals surface area (Å²) in [5, 5.41) is 15.4. The van der Waals surface area contributed by atoms with E-state index < -0.39 is 23.8 Å². The molecule has 3 aliphatic heterocycles. The van der Waals surface area contributed by atoms with Crippen LogP contribution in [0.3, 0.4) is 0 Å². The molecule has 1 saturated heterocycles. The molecule has 12 heteroatoms. The number of urea groups is 1. The van der Waals surface area contributed by atoms with Crippen molar-refractivity contribution in [2.45, 2.75) is 37.5 Å². The average Bonchev–Trinajstić information content (AvgIpc) is 3.55. The maximum absolute atomic E-state index is 14.3. The highest BCUT2D eigenvalue weighted by Crippen LogP contribution is 2.45. The zero-order valence-corrected chi connectivity index (χ0v) is 22.7. The highest BCUT2D eigenvalue weighted by atomic mass is 19.4. The van der Waals surface area contributed by atoms with Crippen LogP contribution in [0.1, 0.15) is 42.0 Å². The summed E-state index contributed by atoms with van der Waals surface area (Å²) in [5.41, 5.74) is 0.576. The van der Waals surface area contributed by atoms with E-state index in [0.717, 1.165) is 17.0 Å². The van der Waals surface area contributed by atoms with Crippen molar-refractivity contribution < 1.29 is 27.6 Å². The van der Waals surface area contributed by atoms with Gasteiger partial charge in [0.2, 0.25) is 5.91 Å². The number of rotatable bonds is 4. The van der Waals surface area contributed by atoms with Crippen LogP contribution in [0.2, 0.25) is 0 Å². The number of nitriles is 1. The van der Waals surface area contributed by atoms with Crippen LogP contribution in [-0.4, -0.2) is 71.5 Å². The Labute approximate surface area is 240 Å². The second kappa shape index (κ2) is 10.3. The van der Waals surface area contributed by atoms with Gasteiger partial charge < -0.3 is 9.80 Å². The number of carbonyl (C=O) groups is 3. The van der Waals surface area contributed by atoms with Gasteiger partial charge in [-0.2, -0.15) is 23.5 Å². The number of Topliss-reactive ketones (excluding diaryl/α,β-unsaturated/α-hetero) is 1. The lowest BCUT2D eigenvalue weighted by atomic mass is 9.83. The van der Waals surface area contributed by atoms with Crippen LogP contribution in [0, 0.1) is 17.2 Å². The van der Waals surface area contributed by atoms with E-state index in [9.17, 15) is 32.8 Å². The third-order valence-electron chi connectivity index (χ3n) is 8.42. The quantitative estimate of drug-likeness (QED) is 0.540. The number of allylic oxidation sites excluding steroid dienone is 1. The Morgan fingerprint density at radius 3 is 2.55 bits per heavy atom. The minimum Gasteiger partial charge on any atom is -0.338 e. The van der Waals surface area contributed by atoms with E-state index in [-0.39, 0.29) is 47.9 Å². The Morgan fingerprint density at radius 1 is 1.10 bits per heavy atom. The predicted octanol–water partition coefficient (Wildman–Crippen LogP) is 4.33. The molecule has 0 aromatic heterocycles. The number of likely N-dealkylation sites (tertiary alicyclic amines) is 1. The molecule has 3 atom stereocenters. The normalized spacial score (nSPS) is 23.8. The van der Waals surface area contributed by atoms with Gasteiger partial charge >= 0.3 is 12.2 Å². The van der Waals surface area contributed by atoms with Crippen molar-refractivity contribution in [3.05, 3.63) is 76.5 Å². The number of amides is 3. The summed E-state index contributed by atoms with van der Waals surface area (Å²) in [6, 6.07) is 11.3. The monoisotopic (exact) mass is 576 g/mol. The summed E-state index contributed by atoms with van der Waals surface area (Å²) < 4.78 is 41.0. The number of anilines is 1. The first-order valence-electron chi connectivity index (χ1n) is 13.7. The lowest BCUT2D eigenvalue weighted by Crippen LogP contribution is -2.55. The van der Waals surface area contributed by atoms with Crippen molar-refractivity contribution in [2.24, 2.45) is 11.0 Å². The highest BCUT2D eigenvalue weighted by Gasteiger charge is 2.47. The minimum atomic E-state index is -4.64. The van der Waals surface area contributed by atoms with Gasteiger partial charge in [-0.05, 0) is 48.7 Å². The van der Waals surface area contributed by atoms with Crippen LogP contribution >= 0.6 is 0 Å². The van der Waals surface area contributed by atoms with E-state index in [1.54, 1.807) is 40.4 Å². The molecule has 2 aromatic carbocycles. The van der Waals surface area contributed by atoms with Crippen LogP contribution in [0.5, 0.6) is 0 Å². The van der Waals surface area contributed by atoms with Gasteiger partial charge in [0.25, 0.3) is 0 Å². The molecule has 216 valence electrons. The van der Waals surface area contributed by atoms with Gasteiger partial charge in [0, 0.05) is 50.0 Å². The topological polar surface area (TPSA) is 100 Å². The Hall–Kier alpha value is -4.66. The number of hydrazone groups is 1. The fourth-order valence-corrected chi connectivity index (χ4v) is 6.31. The van der Waals surface area contributed by atoms with Crippen LogP contribution in [-0.2, 0) is 15.8 Å². The molecule has 9 nitrogen and oxygen atoms in total. The van der Waals surface area contributed by atoms with Crippen molar-refractivity contribution in [1.82, 2.24) is 14.8 Å². The van der Waals surface area contributed by atoms with E-state index in [4.69, 9.17) is 0 Å². The second-order valence-corrected chi connectivity index (χ2v) is 10.9. The zero-order chi connectivity index (χ0) is 29.8. The molecule has 4 aliphatic rings. The predicted molar refractivity (Wildman–Crippen MR) is 146 cm³/mol. The number of fused-ring (bicyclic) bond motifs is 1. The van der Waals surface area contributed by atoms with Crippen LogP contribution < -0.4 is 4.90 Å². The molecule has 2 aromatic rings. The number of hydrogen-bond donors (Lipinski definition) is 0. The van der Waals surface area contributed by atoms with Crippen LogP contribution in [0.15, 0.2) is 64.9 Å². The van der Waals surface area contributed by atoms with Crippen LogP contribution in [0.4, 0.5) is 23.7 Å². The number of halogens is 3. The molecule has 6 rings (SSSR count). The number of carbonyl (C=O) groups excluding carboxylic acids is 3. The Kier molecular flexibility index (Phi) is 6.75. The molecule has 3 unspecified atom stereocenters. The van der Waals surface area contributed by atoms with E-state index in [1.807, 2.05) is 13.1 Å². The molecule has 1 fully saturated rings. The second-order valence-electron chi connectivity index (χ2n) is 10.9. The van der Waals surface area contributed by atoms with Crippen molar-refractivity contribution in [3.8, 4) is 6.07 Å². The van der Waals surface area contributed by atoms with Crippen molar-refractivity contribution >= 4 is 29.6 Å². The molecule has 1 aliphatic carbocycles. The fourth-order valence-electron chi connectivity index (χ4n) is 6.31. The molecular formula is C30H27F3N6O3. The molecular weight excluding hydrogens is 549 g/mol. The molecule has 3 heterocycles. The number of hydrogen-bond acceptors (Lipinski definition) is 6. The van der Waals surface area contributed by atoms with Crippen molar-refractivity contribution in [3.63, 3.8) is 0 Å². The number of likely N-dealkylation sites (N-methyl/N-ethyl adjacent to an activating group) is 1. The lowest BCUT2D eigenvalue weighted by molar-refractivity contribution is -0.137. The van der Waals surface area contributed by atoms with Gasteiger partial charge in [0.15, 0.2) is 5.78 Å². The summed E-state index contributed by atoms with van der Waals surface area (Å²) in [6.07, 6.45) is -1.89. The highest BCUT2D eigenvalue weighted by molar-refractivity contribution is 6.07. The van der Waals surface area contributed by atoms with E-state index in [1.165, 1.54) is 17.0 Å². The molecule has 42 heavy (non-hydrogen) atoms. The zero-order valence-electron chi connectivity index (χ0n) is 22.7. The van der Waals surface area contributed by atoms with Crippen molar-refractivity contribution in [2.75, 3.05) is 31.6 Å². The number of ketones is 1. The maximum atomic E-state index is 14.3. The largest absolute Gasteiger partial charge is 0.416 e. The third kappa shape index (κ3) is 4.68. The summed E-state index contributed by atoms with van der Waals surface area (Å²) in [4.78, 5) is 45.7. The fraction of sp³-hybridized carbons (Fsp3) is 0.367. The maximum Gasteiger partial charge on any atom is 0.416 e. The summed E-state index contributed by atoms with van der Waals surface area (Å²) in [7, 11) is 1.83. The molecule has 3 amide bonds. The number of nitrogens with zero attached hydrogens (tertiary/aromatic N) is 6. The minimum absolute atomic E-state index is 0.0242. The standard InChI is InChI=1S/C30H27F3N6O3/c1-36-24-16-37(15-20(24)14-35-36)26(41)17-38-28(19-10-8-18(13-34)9-11-19)27-23(6-3-7-25(27)40)39(29(38)42)22-5-2-4-21(12-22)30(31,32)33/h2,4-5,8-12,14,20,24,28H,3,6-7,15-17H2,1H3. The van der Waals surface area contributed by atoms with Gasteiger partial charge in [-0.15, -0.1) is 0 Å². The smallest absolute Gasteiger partial charge is 0.338 e. The van der Waals surface area contributed by atoms with Gasteiger partial charge in [-0.3, -0.25) is 19.5 Å². The molecule has 0 radical (unpaired) electrons. The summed E-state index contributed by atoms with van der Waals surface area (Å²) in [5.74, 6) is -0.517. The number of benzene rings is 2. The van der Waals surface area contributed by atoms with E-state index in [2.05, 4.69) is 5.10 Å². The van der Waals surface area contributed by atoms with Gasteiger partial charge in [-0.1, -0.05) is 18.2 Å². The Morgan fingerprint density at radius 2 is 1.86 bits per heavy atom. The van der Waals surface area contributed by atoms with Crippen LogP contribution in [0.25, 0.3) is 0 Å². The van der Waals surface area contributed by atoms with Gasteiger partial charge in [-0.25, -0.2) is 4.79 Å². The van der Waals surface area contributed by atoms with E-state index in [0.29, 0.717) is 42.8 Å².